The summed E-state index contributed by atoms with van der Waals surface area (Å²) in [7, 11) is 0. The molecule has 0 aliphatic heterocycles. The van der Waals surface area contributed by atoms with Gasteiger partial charge in [-0.25, -0.2) is 9.18 Å². The molecule has 0 unspecified atom stereocenters. The van der Waals surface area contributed by atoms with Gasteiger partial charge in [-0.05, 0) is 32.0 Å². The first-order valence-electron chi connectivity index (χ1n) is 6.21. The van der Waals surface area contributed by atoms with E-state index in [-0.39, 0.29) is 12.1 Å². The fourth-order valence-corrected chi connectivity index (χ4v) is 2.06. The Balaban J connectivity index is 2.13. The third kappa shape index (κ3) is 3.25. The first-order chi connectivity index (χ1) is 9.88. The maximum absolute atomic E-state index is 13.0. The van der Waals surface area contributed by atoms with Gasteiger partial charge in [-0.15, -0.1) is 0 Å². The van der Waals surface area contributed by atoms with E-state index in [1.807, 2.05) is 0 Å². The lowest BCUT2D eigenvalue weighted by Gasteiger charge is -2.07. The number of aromatic carboxylic acids is 1. The highest BCUT2D eigenvalue weighted by Gasteiger charge is 2.18. The van der Waals surface area contributed by atoms with Crippen LogP contribution in [0.4, 0.5) is 10.1 Å². The SMILES string of the molecule is Cc1nn(CC(=O)Nc2cccc(F)c2)c(C)c1C(=O)O. The topological polar surface area (TPSA) is 84.2 Å². The summed E-state index contributed by atoms with van der Waals surface area (Å²) < 4.78 is 14.3. The number of anilines is 1. The number of nitrogens with zero attached hydrogens (tertiary/aromatic N) is 2. The van der Waals surface area contributed by atoms with E-state index in [4.69, 9.17) is 5.11 Å². The van der Waals surface area contributed by atoms with E-state index in [1.165, 1.54) is 22.9 Å². The van der Waals surface area contributed by atoms with Crippen LogP contribution in [0.25, 0.3) is 0 Å². The molecule has 0 fully saturated rings. The van der Waals surface area contributed by atoms with E-state index in [9.17, 15) is 14.0 Å². The normalized spacial score (nSPS) is 10.4. The van der Waals surface area contributed by atoms with Gasteiger partial charge < -0.3 is 10.4 Å². The van der Waals surface area contributed by atoms with Crippen LogP contribution >= 0.6 is 0 Å². The number of carbonyl (C=O) groups is 2. The minimum absolute atomic E-state index is 0.0913. The van der Waals surface area contributed by atoms with Gasteiger partial charge in [-0.3, -0.25) is 9.48 Å². The van der Waals surface area contributed by atoms with Gasteiger partial charge >= 0.3 is 5.97 Å². The number of hydrogen-bond acceptors (Lipinski definition) is 3. The molecule has 0 saturated heterocycles. The molecule has 2 rings (SSSR count). The Hall–Kier alpha value is -2.70. The second-order valence-electron chi connectivity index (χ2n) is 4.57. The number of halogens is 1. The number of hydrogen-bond donors (Lipinski definition) is 2. The molecular weight excluding hydrogens is 277 g/mol. The Kier molecular flexibility index (Phi) is 4.02. The van der Waals surface area contributed by atoms with Gasteiger partial charge in [0.1, 0.15) is 17.9 Å². The summed E-state index contributed by atoms with van der Waals surface area (Å²) in [6.45, 7) is 3.01. The molecule has 1 aromatic heterocycles. The number of rotatable bonds is 4. The van der Waals surface area contributed by atoms with E-state index in [0.717, 1.165) is 0 Å². The van der Waals surface area contributed by atoms with Crippen molar-refractivity contribution in [2.45, 2.75) is 20.4 Å². The fourth-order valence-electron chi connectivity index (χ4n) is 2.06. The lowest BCUT2D eigenvalue weighted by atomic mass is 10.2. The minimum atomic E-state index is -1.08. The van der Waals surface area contributed by atoms with Crippen molar-refractivity contribution in [1.82, 2.24) is 9.78 Å². The summed E-state index contributed by atoms with van der Waals surface area (Å²) in [5.41, 5.74) is 1.17. The molecule has 0 atom stereocenters. The highest BCUT2D eigenvalue weighted by molar-refractivity contribution is 5.92. The molecule has 0 aliphatic rings. The second kappa shape index (κ2) is 5.74. The molecule has 1 heterocycles. The van der Waals surface area contributed by atoms with E-state index in [0.29, 0.717) is 17.1 Å². The van der Waals surface area contributed by atoms with Gasteiger partial charge in [0.05, 0.1) is 11.4 Å². The number of benzene rings is 1. The molecule has 21 heavy (non-hydrogen) atoms. The van der Waals surface area contributed by atoms with Crippen molar-refractivity contribution in [1.29, 1.82) is 0 Å². The summed E-state index contributed by atoms with van der Waals surface area (Å²) in [5.74, 6) is -1.95. The Bertz CT molecular complexity index is 709. The van der Waals surface area contributed by atoms with E-state index in [2.05, 4.69) is 10.4 Å². The van der Waals surface area contributed by atoms with E-state index in [1.54, 1.807) is 19.9 Å². The summed E-state index contributed by atoms with van der Waals surface area (Å²) in [6.07, 6.45) is 0. The van der Waals surface area contributed by atoms with Crippen LogP contribution in [0, 0.1) is 19.7 Å². The molecule has 0 radical (unpaired) electrons. The third-order valence-electron chi connectivity index (χ3n) is 3.00. The maximum atomic E-state index is 13.0. The zero-order chi connectivity index (χ0) is 15.6. The predicted octanol–water partition coefficient (Wildman–Crippen LogP) is 1.98. The molecule has 1 aromatic carbocycles. The summed E-state index contributed by atoms with van der Waals surface area (Å²) >= 11 is 0. The highest BCUT2D eigenvalue weighted by Crippen LogP contribution is 2.13. The fraction of sp³-hybridized carbons (Fsp3) is 0.214. The van der Waals surface area contributed by atoms with Crippen LogP contribution in [0.1, 0.15) is 21.7 Å². The number of carboxylic acids is 1. The van der Waals surface area contributed by atoms with Crippen molar-refractivity contribution in [3.8, 4) is 0 Å². The van der Waals surface area contributed by atoms with Gasteiger partial charge in [0, 0.05) is 5.69 Å². The number of nitrogens with one attached hydrogen (secondary N) is 1. The van der Waals surface area contributed by atoms with Crippen molar-refractivity contribution in [3.05, 3.63) is 47.0 Å². The molecule has 1 amide bonds. The van der Waals surface area contributed by atoms with Crippen LogP contribution in [0.15, 0.2) is 24.3 Å². The summed E-state index contributed by atoms with van der Waals surface area (Å²) in [6, 6.07) is 5.51. The zero-order valence-corrected chi connectivity index (χ0v) is 11.6. The average molecular weight is 291 g/mol. The summed E-state index contributed by atoms with van der Waals surface area (Å²) in [4.78, 5) is 23.0. The van der Waals surface area contributed by atoms with Crippen LogP contribution in [-0.2, 0) is 11.3 Å². The Morgan fingerprint density at radius 1 is 1.38 bits per heavy atom. The Labute approximate surface area is 120 Å². The number of aromatic nitrogens is 2. The lowest BCUT2D eigenvalue weighted by Crippen LogP contribution is -2.20. The van der Waals surface area contributed by atoms with Crippen molar-refractivity contribution in [3.63, 3.8) is 0 Å². The van der Waals surface area contributed by atoms with Crippen LogP contribution < -0.4 is 5.32 Å². The smallest absolute Gasteiger partial charge is 0.339 e. The first kappa shape index (κ1) is 14.7. The second-order valence-corrected chi connectivity index (χ2v) is 4.57. The van der Waals surface area contributed by atoms with Gasteiger partial charge in [-0.2, -0.15) is 5.10 Å². The van der Waals surface area contributed by atoms with E-state index < -0.39 is 17.7 Å². The molecule has 110 valence electrons. The third-order valence-corrected chi connectivity index (χ3v) is 3.00. The van der Waals surface area contributed by atoms with Crippen LogP contribution in [-0.4, -0.2) is 26.8 Å². The molecule has 7 heteroatoms. The van der Waals surface area contributed by atoms with Crippen molar-refractivity contribution in [2.75, 3.05) is 5.32 Å². The molecular formula is C14H14FN3O3. The van der Waals surface area contributed by atoms with E-state index >= 15 is 0 Å². The molecule has 0 aliphatic carbocycles. The van der Waals surface area contributed by atoms with Crippen LogP contribution in [0.2, 0.25) is 0 Å². The number of carboxylic acid groups (broad SMARTS) is 1. The van der Waals surface area contributed by atoms with Crippen molar-refractivity contribution >= 4 is 17.6 Å². The number of aryl methyl sites for hydroxylation is 1. The highest BCUT2D eigenvalue weighted by atomic mass is 19.1. The number of amides is 1. The molecule has 6 nitrogen and oxygen atoms in total. The zero-order valence-electron chi connectivity index (χ0n) is 11.6. The predicted molar refractivity (Wildman–Crippen MR) is 73.7 cm³/mol. The number of carbonyl (C=O) groups excluding carboxylic acids is 1. The van der Waals surface area contributed by atoms with Gasteiger partial charge in [-0.1, -0.05) is 6.07 Å². The largest absolute Gasteiger partial charge is 0.478 e. The van der Waals surface area contributed by atoms with Crippen molar-refractivity contribution < 1.29 is 19.1 Å². The lowest BCUT2D eigenvalue weighted by molar-refractivity contribution is -0.116. The average Bonchev–Trinajstić information content (AvgIpc) is 2.64. The molecule has 2 aromatic rings. The standard InChI is InChI=1S/C14H14FN3O3/c1-8-13(14(20)21)9(2)18(17-8)7-12(19)16-11-5-3-4-10(15)6-11/h3-6H,7H2,1-2H3,(H,16,19)(H,20,21). The minimum Gasteiger partial charge on any atom is -0.478 e. The van der Waals surface area contributed by atoms with Gasteiger partial charge in [0.2, 0.25) is 5.91 Å². The van der Waals surface area contributed by atoms with Gasteiger partial charge in [0.15, 0.2) is 0 Å². The van der Waals surface area contributed by atoms with Gasteiger partial charge in [0.25, 0.3) is 0 Å². The van der Waals surface area contributed by atoms with Crippen LogP contribution in [0.5, 0.6) is 0 Å². The monoisotopic (exact) mass is 291 g/mol. The Morgan fingerprint density at radius 2 is 2.10 bits per heavy atom. The first-order valence-corrected chi connectivity index (χ1v) is 6.21. The molecule has 0 spiro atoms. The maximum Gasteiger partial charge on any atom is 0.339 e. The van der Waals surface area contributed by atoms with Crippen LogP contribution in [0.3, 0.4) is 0 Å². The molecule has 2 N–H and O–H groups in total. The Morgan fingerprint density at radius 3 is 2.67 bits per heavy atom. The summed E-state index contributed by atoms with van der Waals surface area (Å²) in [5, 5.41) is 15.6. The quantitative estimate of drug-likeness (QED) is 0.902. The van der Waals surface area contributed by atoms with Crippen molar-refractivity contribution in [2.24, 2.45) is 0 Å². The molecule has 0 bridgehead atoms. The molecule has 0 saturated carbocycles.